The molecule has 1 fully saturated rings. The Morgan fingerprint density at radius 2 is 2.24 bits per heavy atom. The Balaban J connectivity index is 2.15. The highest BCUT2D eigenvalue weighted by Gasteiger charge is 2.34. The van der Waals surface area contributed by atoms with Gasteiger partial charge in [-0.3, -0.25) is 0 Å². The van der Waals surface area contributed by atoms with Crippen LogP contribution in [0.4, 0.5) is 14.9 Å². The van der Waals surface area contributed by atoms with Crippen LogP contribution in [0.5, 0.6) is 0 Å². The minimum atomic E-state index is -3.10. The van der Waals surface area contributed by atoms with Crippen molar-refractivity contribution in [2.24, 2.45) is 0 Å². The topological polar surface area (TPSA) is 66.5 Å². The van der Waals surface area contributed by atoms with Gasteiger partial charge in [0.05, 0.1) is 22.2 Å². The lowest BCUT2D eigenvalue weighted by atomic mass is 10.2. The molecule has 1 N–H and O–H groups in total. The highest BCUT2D eigenvalue weighted by molar-refractivity contribution is 7.91. The van der Waals surface area contributed by atoms with Crippen LogP contribution >= 0.6 is 11.6 Å². The summed E-state index contributed by atoms with van der Waals surface area (Å²) in [5.41, 5.74) is -0.0940. The summed E-state index contributed by atoms with van der Waals surface area (Å²) in [7, 11) is -3.10. The number of carbonyl (C=O) groups is 1. The van der Waals surface area contributed by atoms with Crippen LogP contribution in [-0.2, 0) is 9.84 Å². The number of nitrogens with zero attached hydrogens (tertiary/aromatic N) is 1. The second-order valence-electron chi connectivity index (χ2n) is 4.87. The highest BCUT2D eigenvalue weighted by Crippen LogP contribution is 2.26. The zero-order valence-corrected chi connectivity index (χ0v) is 13.0. The first kappa shape index (κ1) is 16.0. The molecule has 116 valence electrons. The largest absolute Gasteiger partial charge is 0.322 e. The Kier molecular flexibility index (Phi) is 4.73. The highest BCUT2D eigenvalue weighted by atomic mass is 35.5. The van der Waals surface area contributed by atoms with E-state index in [1.54, 1.807) is 6.92 Å². The summed E-state index contributed by atoms with van der Waals surface area (Å²) < 4.78 is 36.7. The average molecular weight is 335 g/mol. The van der Waals surface area contributed by atoms with Crippen LogP contribution in [0.2, 0.25) is 5.02 Å². The van der Waals surface area contributed by atoms with Crippen molar-refractivity contribution in [2.75, 3.05) is 23.4 Å². The maximum atomic E-state index is 13.7. The predicted octanol–water partition coefficient (Wildman–Crippen LogP) is 2.52. The van der Waals surface area contributed by atoms with Gasteiger partial charge in [-0.25, -0.2) is 17.6 Å². The monoisotopic (exact) mass is 334 g/mol. The number of para-hydroxylation sites is 1. The van der Waals surface area contributed by atoms with Crippen LogP contribution in [0.15, 0.2) is 18.2 Å². The molecular formula is C13H16ClFN2O3S. The summed E-state index contributed by atoms with van der Waals surface area (Å²) in [5.74, 6) is -0.618. The van der Waals surface area contributed by atoms with Crippen molar-refractivity contribution in [2.45, 2.75) is 19.4 Å². The van der Waals surface area contributed by atoms with Gasteiger partial charge in [-0.15, -0.1) is 0 Å². The Bertz CT molecular complexity index is 631. The molecule has 5 nitrogen and oxygen atoms in total. The van der Waals surface area contributed by atoms with Gasteiger partial charge in [0.1, 0.15) is 5.82 Å². The zero-order chi connectivity index (χ0) is 15.6. The molecule has 1 unspecified atom stereocenters. The lowest BCUT2D eigenvalue weighted by Gasteiger charge is -2.27. The molecule has 2 amide bonds. The minimum Gasteiger partial charge on any atom is -0.321 e. The lowest BCUT2D eigenvalue weighted by Crippen LogP contribution is -2.43. The van der Waals surface area contributed by atoms with E-state index in [0.29, 0.717) is 13.0 Å². The van der Waals surface area contributed by atoms with Gasteiger partial charge in [-0.1, -0.05) is 17.7 Å². The number of urea groups is 1. The molecule has 0 radical (unpaired) electrons. The van der Waals surface area contributed by atoms with E-state index >= 15 is 0 Å². The Morgan fingerprint density at radius 3 is 2.76 bits per heavy atom. The molecule has 1 aromatic rings. The van der Waals surface area contributed by atoms with Gasteiger partial charge in [0.25, 0.3) is 0 Å². The number of carbonyl (C=O) groups excluding carboxylic acids is 1. The Morgan fingerprint density at radius 1 is 1.52 bits per heavy atom. The molecule has 1 aliphatic heterocycles. The van der Waals surface area contributed by atoms with Crippen molar-refractivity contribution in [3.8, 4) is 0 Å². The Hall–Kier alpha value is -1.34. The molecule has 1 saturated heterocycles. The number of hydrogen-bond donors (Lipinski definition) is 1. The summed E-state index contributed by atoms with van der Waals surface area (Å²) >= 11 is 5.86. The predicted molar refractivity (Wildman–Crippen MR) is 79.9 cm³/mol. The fraction of sp³-hybridized carbons (Fsp3) is 0.462. The minimum absolute atomic E-state index is 0.0563. The van der Waals surface area contributed by atoms with Gasteiger partial charge in [0, 0.05) is 12.6 Å². The van der Waals surface area contributed by atoms with E-state index in [9.17, 15) is 17.6 Å². The normalized spacial score (nSPS) is 20.2. The van der Waals surface area contributed by atoms with Crippen LogP contribution in [0.25, 0.3) is 0 Å². The summed E-state index contributed by atoms with van der Waals surface area (Å²) in [5, 5.41) is 2.51. The van der Waals surface area contributed by atoms with E-state index in [1.807, 2.05) is 0 Å². The molecule has 8 heteroatoms. The van der Waals surface area contributed by atoms with Crippen molar-refractivity contribution in [1.82, 2.24) is 4.90 Å². The van der Waals surface area contributed by atoms with Crippen LogP contribution in [0, 0.1) is 5.82 Å². The molecule has 2 rings (SSSR count). The van der Waals surface area contributed by atoms with Crippen molar-refractivity contribution in [1.29, 1.82) is 0 Å². The maximum absolute atomic E-state index is 13.7. The third-order valence-electron chi connectivity index (χ3n) is 3.45. The summed E-state index contributed by atoms with van der Waals surface area (Å²) in [6, 6.07) is 3.17. The quantitative estimate of drug-likeness (QED) is 0.923. The SMILES string of the molecule is CCN(C(=O)Nc1c(F)cccc1Cl)C1CCS(=O)(=O)C1. The number of amides is 2. The molecule has 0 aromatic heterocycles. The van der Waals surface area contributed by atoms with Gasteiger partial charge in [0.15, 0.2) is 9.84 Å². The van der Waals surface area contributed by atoms with Gasteiger partial charge >= 0.3 is 6.03 Å². The van der Waals surface area contributed by atoms with E-state index in [4.69, 9.17) is 11.6 Å². The molecule has 1 aromatic carbocycles. The number of nitrogens with one attached hydrogen (secondary N) is 1. The van der Waals surface area contributed by atoms with Crippen molar-refractivity contribution >= 4 is 33.2 Å². The van der Waals surface area contributed by atoms with Crippen molar-refractivity contribution in [3.05, 3.63) is 29.0 Å². The van der Waals surface area contributed by atoms with E-state index in [-0.39, 0.29) is 28.3 Å². The molecule has 21 heavy (non-hydrogen) atoms. The van der Waals surface area contributed by atoms with E-state index in [1.165, 1.54) is 23.1 Å². The first-order valence-electron chi connectivity index (χ1n) is 6.56. The van der Waals surface area contributed by atoms with E-state index in [2.05, 4.69) is 5.32 Å². The third-order valence-corrected chi connectivity index (χ3v) is 5.51. The number of benzene rings is 1. The summed E-state index contributed by atoms with van der Waals surface area (Å²) in [4.78, 5) is 13.6. The molecule has 0 bridgehead atoms. The smallest absolute Gasteiger partial charge is 0.321 e. The molecule has 1 aliphatic rings. The Labute approximate surface area is 128 Å². The van der Waals surface area contributed by atoms with Crippen molar-refractivity contribution in [3.63, 3.8) is 0 Å². The first-order valence-corrected chi connectivity index (χ1v) is 8.76. The molecule has 1 atom stereocenters. The second kappa shape index (κ2) is 6.19. The molecule has 0 spiro atoms. The van der Waals surface area contributed by atoms with Crippen LogP contribution in [0.1, 0.15) is 13.3 Å². The van der Waals surface area contributed by atoms with Gasteiger partial charge in [0.2, 0.25) is 0 Å². The summed E-state index contributed by atoms with van der Waals surface area (Å²) in [6.45, 7) is 2.07. The number of halogens is 2. The van der Waals surface area contributed by atoms with E-state index in [0.717, 1.165) is 0 Å². The number of rotatable bonds is 3. The first-order chi connectivity index (χ1) is 9.84. The summed E-state index contributed by atoms with van der Waals surface area (Å²) in [6.07, 6.45) is 0.397. The fourth-order valence-corrected chi connectivity index (χ4v) is 4.33. The second-order valence-corrected chi connectivity index (χ2v) is 7.51. The molecular weight excluding hydrogens is 319 g/mol. The molecule has 0 aliphatic carbocycles. The van der Waals surface area contributed by atoms with Crippen LogP contribution < -0.4 is 5.32 Å². The number of hydrogen-bond acceptors (Lipinski definition) is 3. The maximum Gasteiger partial charge on any atom is 0.322 e. The average Bonchev–Trinajstić information content (AvgIpc) is 2.75. The van der Waals surface area contributed by atoms with Gasteiger partial charge < -0.3 is 10.2 Å². The molecule has 0 saturated carbocycles. The van der Waals surface area contributed by atoms with Crippen LogP contribution in [-0.4, -0.2) is 43.4 Å². The fourth-order valence-electron chi connectivity index (χ4n) is 2.38. The molecule has 1 heterocycles. The van der Waals surface area contributed by atoms with Gasteiger partial charge in [-0.2, -0.15) is 0 Å². The standard InChI is InChI=1S/C13H16ClFN2O3S/c1-2-17(9-6-7-21(19,20)8-9)13(18)16-12-10(14)4-3-5-11(12)15/h3-5,9H,2,6-8H2,1H3,(H,16,18). The zero-order valence-electron chi connectivity index (χ0n) is 11.5. The van der Waals surface area contributed by atoms with Crippen LogP contribution in [0.3, 0.4) is 0 Å². The lowest BCUT2D eigenvalue weighted by molar-refractivity contribution is 0.197. The van der Waals surface area contributed by atoms with Gasteiger partial charge in [-0.05, 0) is 25.5 Å². The number of sulfone groups is 1. The third kappa shape index (κ3) is 3.65. The van der Waals surface area contributed by atoms with Crippen molar-refractivity contribution < 1.29 is 17.6 Å². The van der Waals surface area contributed by atoms with E-state index < -0.39 is 21.7 Å². The number of anilines is 1.